The minimum Gasteiger partial charge on any atom is -0.308 e. The summed E-state index contributed by atoms with van der Waals surface area (Å²) in [4.78, 5) is 11.0. The molecular weight excluding hydrogens is 268 g/mol. The fraction of sp³-hybridized carbons (Fsp3) is 0.467. The molecule has 0 radical (unpaired) electrons. The Bertz CT molecular complexity index is 536. The van der Waals surface area contributed by atoms with E-state index in [1.54, 1.807) is 11.3 Å². The second kappa shape index (κ2) is 6.43. The second-order valence-corrected chi connectivity index (χ2v) is 6.36. The van der Waals surface area contributed by atoms with E-state index >= 15 is 0 Å². The highest BCUT2D eigenvalue weighted by Crippen LogP contribution is 2.20. The third-order valence-electron chi connectivity index (χ3n) is 3.35. The van der Waals surface area contributed by atoms with E-state index in [4.69, 9.17) is 4.98 Å². The average molecular weight is 288 g/mol. The number of aromatic nitrogens is 2. The number of rotatable bonds is 7. The van der Waals surface area contributed by atoms with Crippen LogP contribution in [0.1, 0.15) is 29.1 Å². The molecule has 1 aliphatic carbocycles. The molecule has 106 valence electrons. The Kier molecular flexibility index (Phi) is 4.40. The van der Waals surface area contributed by atoms with E-state index in [0.717, 1.165) is 25.7 Å². The van der Waals surface area contributed by atoms with Gasteiger partial charge in [0.05, 0.1) is 5.69 Å². The van der Waals surface area contributed by atoms with E-state index in [1.807, 2.05) is 12.4 Å². The molecule has 0 aromatic carbocycles. The van der Waals surface area contributed by atoms with Gasteiger partial charge in [-0.3, -0.25) is 9.88 Å². The summed E-state index contributed by atoms with van der Waals surface area (Å²) in [5.41, 5.74) is 2.45. The van der Waals surface area contributed by atoms with Crippen molar-refractivity contribution in [2.24, 2.45) is 0 Å². The number of pyridine rings is 1. The van der Waals surface area contributed by atoms with E-state index in [1.165, 1.54) is 29.1 Å². The largest absolute Gasteiger partial charge is 0.308 e. The van der Waals surface area contributed by atoms with Crippen molar-refractivity contribution in [3.63, 3.8) is 0 Å². The maximum absolute atomic E-state index is 4.69. The summed E-state index contributed by atoms with van der Waals surface area (Å²) in [7, 11) is 2.13. The minimum absolute atomic E-state index is 0.747. The normalized spacial score (nSPS) is 14.9. The molecule has 5 heteroatoms. The summed E-state index contributed by atoms with van der Waals surface area (Å²) in [6.45, 7) is 2.74. The molecule has 2 aromatic rings. The van der Waals surface area contributed by atoms with Crippen molar-refractivity contribution in [1.29, 1.82) is 0 Å². The molecule has 2 heterocycles. The predicted molar refractivity (Wildman–Crippen MR) is 81.4 cm³/mol. The van der Waals surface area contributed by atoms with Crippen LogP contribution >= 0.6 is 11.3 Å². The van der Waals surface area contributed by atoms with Crippen LogP contribution < -0.4 is 5.32 Å². The van der Waals surface area contributed by atoms with Gasteiger partial charge in [-0.1, -0.05) is 0 Å². The van der Waals surface area contributed by atoms with Crippen LogP contribution in [0, 0.1) is 0 Å². The van der Waals surface area contributed by atoms with Crippen LogP contribution in [-0.2, 0) is 19.6 Å². The average Bonchev–Trinajstić information content (AvgIpc) is 3.18. The molecule has 20 heavy (non-hydrogen) atoms. The van der Waals surface area contributed by atoms with Gasteiger partial charge < -0.3 is 5.32 Å². The number of hydrogen-bond donors (Lipinski definition) is 1. The third kappa shape index (κ3) is 4.10. The van der Waals surface area contributed by atoms with Gasteiger partial charge in [-0.15, -0.1) is 11.3 Å². The molecule has 1 aliphatic rings. The first-order valence-corrected chi connectivity index (χ1v) is 7.91. The van der Waals surface area contributed by atoms with Crippen molar-refractivity contribution in [1.82, 2.24) is 20.2 Å². The van der Waals surface area contributed by atoms with Gasteiger partial charge in [0.2, 0.25) is 0 Å². The molecule has 3 rings (SSSR count). The van der Waals surface area contributed by atoms with Crippen LogP contribution in [0.25, 0.3) is 0 Å². The van der Waals surface area contributed by atoms with E-state index in [9.17, 15) is 0 Å². The van der Waals surface area contributed by atoms with E-state index in [-0.39, 0.29) is 0 Å². The number of hydrogen-bond acceptors (Lipinski definition) is 5. The molecule has 1 fully saturated rings. The lowest BCUT2D eigenvalue weighted by Crippen LogP contribution is -2.18. The van der Waals surface area contributed by atoms with Gasteiger partial charge in [-0.25, -0.2) is 4.98 Å². The molecule has 0 bridgehead atoms. The highest BCUT2D eigenvalue weighted by atomic mass is 32.1. The van der Waals surface area contributed by atoms with Crippen molar-refractivity contribution in [3.05, 3.63) is 46.2 Å². The monoisotopic (exact) mass is 288 g/mol. The zero-order valence-electron chi connectivity index (χ0n) is 11.7. The molecular formula is C15H20N4S. The number of nitrogens with one attached hydrogen (secondary N) is 1. The zero-order chi connectivity index (χ0) is 13.8. The quantitative estimate of drug-likeness (QED) is 0.849. The van der Waals surface area contributed by atoms with Crippen LogP contribution in [0.4, 0.5) is 0 Å². The van der Waals surface area contributed by atoms with Gasteiger partial charge in [0.15, 0.2) is 0 Å². The van der Waals surface area contributed by atoms with Gasteiger partial charge in [0.25, 0.3) is 0 Å². The fourth-order valence-electron chi connectivity index (χ4n) is 2.15. The Balaban J connectivity index is 1.49. The summed E-state index contributed by atoms with van der Waals surface area (Å²) >= 11 is 1.76. The molecule has 0 atom stereocenters. The van der Waals surface area contributed by atoms with Crippen molar-refractivity contribution >= 4 is 11.3 Å². The summed E-state index contributed by atoms with van der Waals surface area (Å²) < 4.78 is 0. The van der Waals surface area contributed by atoms with Crippen LogP contribution in [0.2, 0.25) is 0 Å². The standard InChI is InChI=1S/C15H20N4S/c1-19(9-12-4-6-16-7-5-12)10-14-11-20-15(18-14)8-17-13-2-3-13/h4-7,11,13,17H,2-3,8-10H2,1H3. The Morgan fingerprint density at radius 2 is 2.10 bits per heavy atom. The smallest absolute Gasteiger partial charge is 0.107 e. The maximum Gasteiger partial charge on any atom is 0.107 e. The molecule has 0 amide bonds. The van der Waals surface area contributed by atoms with Crippen molar-refractivity contribution in [3.8, 4) is 0 Å². The minimum atomic E-state index is 0.747. The summed E-state index contributed by atoms with van der Waals surface area (Å²) in [5.74, 6) is 0. The molecule has 0 saturated heterocycles. The van der Waals surface area contributed by atoms with E-state index in [2.05, 4.69) is 39.8 Å². The van der Waals surface area contributed by atoms with E-state index < -0.39 is 0 Å². The first-order valence-electron chi connectivity index (χ1n) is 7.04. The predicted octanol–water partition coefficient (Wildman–Crippen LogP) is 2.42. The SMILES string of the molecule is CN(Cc1ccncc1)Cc1csc(CNC2CC2)n1. The maximum atomic E-state index is 4.69. The molecule has 4 nitrogen and oxygen atoms in total. The van der Waals surface area contributed by atoms with E-state index in [0.29, 0.717) is 0 Å². The zero-order valence-corrected chi connectivity index (χ0v) is 12.6. The molecule has 0 aliphatic heterocycles. The van der Waals surface area contributed by atoms with Crippen LogP contribution in [-0.4, -0.2) is 28.0 Å². The van der Waals surface area contributed by atoms with Crippen LogP contribution in [0.15, 0.2) is 29.9 Å². The Labute approximate surface area is 123 Å². The molecule has 1 saturated carbocycles. The molecule has 0 unspecified atom stereocenters. The highest BCUT2D eigenvalue weighted by molar-refractivity contribution is 7.09. The number of nitrogens with zero attached hydrogens (tertiary/aromatic N) is 3. The fourth-order valence-corrected chi connectivity index (χ4v) is 2.89. The second-order valence-electron chi connectivity index (χ2n) is 5.42. The summed E-state index contributed by atoms with van der Waals surface area (Å²) in [6, 6.07) is 4.86. The topological polar surface area (TPSA) is 41.1 Å². The molecule has 2 aromatic heterocycles. The van der Waals surface area contributed by atoms with Crippen LogP contribution in [0.3, 0.4) is 0 Å². The first-order chi connectivity index (χ1) is 9.79. The van der Waals surface area contributed by atoms with Crippen molar-refractivity contribution < 1.29 is 0 Å². The Hall–Kier alpha value is -1.30. The van der Waals surface area contributed by atoms with Gasteiger partial charge >= 0.3 is 0 Å². The first kappa shape index (κ1) is 13.7. The third-order valence-corrected chi connectivity index (χ3v) is 4.25. The lowest BCUT2D eigenvalue weighted by molar-refractivity contribution is 0.315. The van der Waals surface area contributed by atoms with Gasteiger partial charge in [-0.2, -0.15) is 0 Å². The van der Waals surface area contributed by atoms with Crippen molar-refractivity contribution in [2.45, 2.75) is 38.5 Å². The van der Waals surface area contributed by atoms with Gasteiger partial charge in [0.1, 0.15) is 5.01 Å². The van der Waals surface area contributed by atoms with Crippen LogP contribution in [0.5, 0.6) is 0 Å². The molecule has 1 N–H and O–H groups in total. The van der Waals surface area contributed by atoms with Gasteiger partial charge in [0, 0.05) is 43.4 Å². The van der Waals surface area contributed by atoms with Gasteiger partial charge in [-0.05, 0) is 37.6 Å². The Morgan fingerprint density at radius 1 is 1.30 bits per heavy atom. The Morgan fingerprint density at radius 3 is 2.85 bits per heavy atom. The highest BCUT2D eigenvalue weighted by Gasteiger charge is 2.20. The summed E-state index contributed by atoms with van der Waals surface area (Å²) in [5, 5.41) is 6.88. The lowest BCUT2D eigenvalue weighted by Gasteiger charge is -2.14. The summed E-state index contributed by atoms with van der Waals surface area (Å²) in [6.07, 6.45) is 6.33. The molecule has 0 spiro atoms. The number of thiazole rings is 1. The van der Waals surface area contributed by atoms with Crippen molar-refractivity contribution in [2.75, 3.05) is 7.05 Å². The lowest BCUT2D eigenvalue weighted by atomic mass is 10.2.